The molecule has 2 N–H and O–H groups in total. The van der Waals surface area contributed by atoms with Crippen LogP contribution in [0.1, 0.15) is 65.2 Å². The summed E-state index contributed by atoms with van der Waals surface area (Å²) in [7, 11) is 0. The van der Waals surface area contributed by atoms with Gasteiger partial charge in [-0.3, -0.25) is 9.59 Å². The molecule has 1 aliphatic heterocycles. The number of hydrogen-bond acceptors (Lipinski definition) is 7. The molecule has 9 nitrogen and oxygen atoms in total. The van der Waals surface area contributed by atoms with E-state index in [2.05, 4.69) is 20.8 Å². The molecule has 0 aromatic carbocycles. The molecule has 2 aromatic heterocycles. The van der Waals surface area contributed by atoms with Crippen LogP contribution in [0.5, 0.6) is 0 Å². The van der Waals surface area contributed by atoms with Gasteiger partial charge in [0.1, 0.15) is 10.8 Å². The van der Waals surface area contributed by atoms with Gasteiger partial charge in [0.25, 0.3) is 0 Å². The number of rotatable bonds is 5. The Bertz CT molecular complexity index is 980. The Morgan fingerprint density at radius 1 is 1.17 bits per heavy atom. The summed E-state index contributed by atoms with van der Waals surface area (Å²) in [6, 6.07) is -0.453. The molecule has 2 amide bonds. The van der Waals surface area contributed by atoms with Crippen molar-refractivity contribution in [2.75, 3.05) is 11.9 Å². The molecule has 4 rings (SSSR count). The first-order valence-corrected chi connectivity index (χ1v) is 10.7. The molecule has 0 saturated carbocycles. The van der Waals surface area contributed by atoms with E-state index < -0.39 is 23.8 Å². The molecule has 2 aromatic rings. The number of aryl methyl sites for hydroxylation is 2. The van der Waals surface area contributed by atoms with Crippen LogP contribution in [-0.2, 0) is 40.1 Å². The number of amides is 2. The second-order valence-electron chi connectivity index (χ2n) is 7.16. The van der Waals surface area contributed by atoms with Gasteiger partial charge in [0, 0.05) is 17.8 Å². The molecule has 10 heteroatoms. The minimum absolute atomic E-state index is 0.248. The van der Waals surface area contributed by atoms with Crippen molar-refractivity contribution >= 4 is 34.1 Å². The number of anilines is 1. The maximum absolute atomic E-state index is 12.5. The van der Waals surface area contributed by atoms with E-state index in [0.717, 1.165) is 54.9 Å². The van der Waals surface area contributed by atoms with E-state index in [1.165, 1.54) is 11.3 Å². The predicted octanol–water partition coefficient (Wildman–Crippen LogP) is 1.77. The molecule has 154 valence electrons. The second kappa shape index (κ2) is 7.94. The molecule has 29 heavy (non-hydrogen) atoms. The molecule has 2 aliphatic rings. The van der Waals surface area contributed by atoms with Gasteiger partial charge in [-0.1, -0.05) is 0 Å². The highest BCUT2D eigenvalue weighted by Crippen LogP contribution is 2.39. The third kappa shape index (κ3) is 3.64. The maximum atomic E-state index is 12.5. The van der Waals surface area contributed by atoms with Crippen LogP contribution in [0.3, 0.4) is 0 Å². The maximum Gasteiger partial charge on any atom is 0.341 e. The highest BCUT2D eigenvalue weighted by molar-refractivity contribution is 7.17. The fourth-order valence-electron chi connectivity index (χ4n) is 3.89. The Morgan fingerprint density at radius 3 is 2.79 bits per heavy atom. The average molecular weight is 417 g/mol. The Hall–Kier alpha value is -2.75. The van der Waals surface area contributed by atoms with Gasteiger partial charge in [-0.15, -0.1) is 21.5 Å². The molecule has 0 spiro atoms. The van der Waals surface area contributed by atoms with Crippen molar-refractivity contribution in [3.8, 4) is 0 Å². The molecule has 1 atom stereocenters. The fraction of sp³-hybridized carbons (Fsp3) is 0.526. The highest BCUT2D eigenvalue weighted by atomic mass is 32.1. The highest BCUT2D eigenvalue weighted by Gasteiger charge is 2.30. The zero-order chi connectivity index (χ0) is 20.5. The van der Waals surface area contributed by atoms with Crippen molar-refractivity contribution in [3.05, 3.63) is 27.7 Å². The van der Waals surface area contributed by atoms with Crippen LogP contribution in [0, 0.1) is 0 Å². The van der Waals surface area contributed by atoms with E-state index in [0.29, 0.717) is 16.4 Å². The molecular weight excluding hydrogens is 394 g/mol. The fourth-order valence-corrected chi connectivity index (χ4v) is 5.16. The van der Waals surface area contributed by atoms with Gasteiger partial charge in [-0.2, -0.15) is 0 Å². The quantitative estimate of drug-likeness (QED) is 0.566. The zero-order valence-electron chi connectivity index (χ0n) is 16.4. The monoisotopic (exact) mass is 417 g/mol. The SMILES string of the molecule is CCOC(=O)c1c(NC(=O)C(=O)N[C@H](C)c2nnc3n2CCC3)sc2c1CCC2. The van der Waals surface area contributed by atoms with Gasteiger partial charge in [-0.25, -0.2) is 4.79 Å². The minimum Gasteiger partial charge on any atom is -0.462 e. The standard InChI is InChI=1S/C19H23N5O4S/c1-3-28-19(27)14-11-6-4-7-12(11)29-18(14)21-17(26)16(25)20-10(2)15-23-22-13-8-5-9-24(13)15/h10H,3-9H2,1-2H3,(H,20,25)(H,21,26)/t10-/m1/s1. The topological polar surface area (TPSA) is 115 Å². The molecule has 0 fully saturated rings. The predicted molar refractivity (Wildman–Crippen MR) is 106 cm³/mol. The summed E-state index contributed by atoms with van der Waals surface area (Å²) in [5.74, 6) is -0.520. The first-order valence-electron chi connectivity index (χ1n) is 9.85. The lowest BCUT2D eigenvalue weighted by molar-refractivity contribution is -0.136. The van der Waals surface area contributed by atoms with E-state index in [1.54, 1.807) is 13.8 Å². The van der Waals surface area contributed by atoms with Crippen LogP contribution in [0.15, 0.2) is 0 Å². The number of aromatic nitrogens is 3. The van der Waals surface area contributed by atoms with Crippen molar-refractivity contribution in [2.24, 2.45) is 0 Å². The van der Waals surface area contributed by atoms with Gasteiger partial charge in [0.2, 0.25) is 0 Å². The van der Waals surface area contributed by atoms with E-state index in [9.17, 15) is 14.4 Å². The summed E-state index contributed by atoms with van der Waals surface area (Å²) in [6.07, 6.45) is 4.48. The third-order valence-electron chi connectivity index (χ3n) is 5.21. The first kappa shape index (κ1) is 19.6. The number of carbonyl (C=O) groups is 3. The van der Waals surface area contributed by atoms with E-state index >= 15 is 0 Å². The van der Waals surface area contributed by atoms with Crippen molar-refractivity contribution in [1.29, 1.82) is 0 Å². The lowest BCUT2D eigenvalue weighted by Gasteiger charge is -2.14. The zero-order valence-corrected chi connectivity index (χ0v) is 17.2. The smallest absolute Gasteiger partial charge is 0.341 e. The molecule has 0 saturated heterocycles. The van der Waals surface area contributed by atoms with Crippen LogP contribution in [0.4, 0.5) is 5.00 Å². The van der Waals surface area contributed by atoms with Gasteiger partial charge in [-0.05, 0) is 45.1 Å². The Morgan fingerprint density at radius 2 is 2.00 bits per heavy atom. The van der Waals surface area contributed by atoms with Crippen molar-refractivity contribution < 1.29 is 19.1 Å². The van der Waals surface area contributed by atoms with Gasteiger partial charge in [0.15, 0.2) is 5.82 Å². The minimum atomic E-state index is -0.816. The summed E-state index contributed by atoms with van der Waals surface area (Å²) in [6.45, 7) is 4.56. The van der Waals surface area contributed by atoms with E-state index in [4.69, 9.17) is 4.74 Å². The summed E-state index contributed by atoms with van der Waals surface area (Å²) in [4.78, 5) is 38.4. The number of ether oxygens (including phenoxy) is 1. The van der Waals surface area contributed by atoms with Crippen LogP contribution in [-0.4, -0.2) is 39.2 Å². The largest absolute Gasteiger partial charge is 0.462 e. The Balaban J connectivity index is 1.46. The number of fused-ring (bicyclic) bond motifs is 2. The Kier molecular flexibility index (Phi) is 5.35. The molecular formula is C19H23N5O4S. The van der Waals surface area contributed by atoms with Crippen molar-refractivity contribution in [3.63, 3.8) is 0 Å². The van der Waals surface area contributed by atoms with Crippen LogP contribution >= 0.6 is 11.3 Å². The molecule has 3 heterocycles. The normalized spacial score (nSPS) is 15.5. The summed E-state index contributed by atoms with van der Waals surface area (Å²) < 4.78 is 7.13. The van der Waals surface area contributed by atoms with Crippen LogP contribution < -0.4 is 10.6 Å². The van der Waals surface area contributed by atoms with Gasteiger partial charge in [0.05, 0.1) is 18.2 Å². The summed E-state index contributed by atoms with van der Waals surface area (Å²) in [5, 5.41) is 13.9. The molecule has 0 radical (unpaired) electrons. The number of carbonyl (C=O) groups excluding carboxylic acids is 3. The van der Waals surface area contributed by atoms with E-state index in [1.807, 2.05) is 4.57 Å². The van der Waals surface area contributed by atoms with Crippen LogP contribution in [0.2, 0.25) is 0 Å². The number of hydrogen-bond donors (Lipinski definition) is 2. The molecule has 0 bridgehead atoms. The lowest BCUT2D eigenvalue weighted by Crippen LogP contribution is -2.37. The first-order chi connectivity index (χ1) is 14.0. The summed E-state index contributed by atoms with van der Waals surface area (Å²) >= 11 is 1.34. The summed E-state index contributed by atoms with van der Waals surface area (Å²) in [5.41, 5.74) is 1.31. The van der Waals surface area contributed by atoms with Gasteiger partial charge >= 0.3 is 17.8 Å². The van der Waals surface area contributed by atoms with Gasteiger partial charge < -0.3 is 19.9 Å². The average Bonchev–Trinajstić information content (AvgIpc) is 3.42. The van der Waals surface area contributed by atoms with Crippen LogP contribution in [0.25, 0.3) is 0 Å². The number of esters is 1. The lowest BCUT2D eigenvalue weighted by atomic mass is 10.1. The third-order valence-corrected chi connectivity index (χ3v) is 6.41. The molecule has 0 unspecified atom stereocenters. The van der Waals surface area contributed by atoms with E-state index in [-0.39, 0.29) is 6.61 Å². The Labute approximate surface area is 171 Å². The molecule has 1 aliphatic carbocycles. The van der Waals surface area contributed by atoms with Crippen molar-refractivity contribution in [2.45, 2.75) is 58.5 Å². The number of thiophene rings is 1. The number of nitrogens with one attached hydrogen (secondary N) is 2. The second-order valence-corrected chi connectivity index (χ2v) is 8.27. The number of nitrogens with zero attached hydrogens (tertiary/aromatic N) is 3. The van der Waals surface area contributed by atoms with Crippen molar-refractivity contribution in [1.82, 2.24) is 20.1 Å².